The molecule has 2 N–H and O–H groups in total. The van der Waals surface area contributed by atoms with E-state index in [1.165, 1.54) is 0 Å². The molecule has 1 aromatic rings. The molecule has 2 rings (SSSR count). The van der Waals surface area contributed by atoms with Crippen LogP contribution in [0.15, 0.2) is 24.3 Å². The van der Waals surface area contributed by atoms with Crippen molar-refractivity contribution < 1.29 is 9.59 Å². The molecule has 128 valence electrons. The molecule has 0 spiro atoms. The third-order valence-electron chi connectivity index (χ3n) is 4.02. The Morgan fingerprint density at radius 3 is 2.50 bits per heavy atom. The molecule has 1 aliphatic rings. The summed E-state index contributed by atoms with van der Waals surface area (Å²) in [6, 6.07) is 9.18. The summed E-state index contributed by atoms with van der Waals surface area (Å²) in [6.07, 6.45) is 3.27. The SMILES string of the molecule is CN(CC(=O)Nc1ccccc1Cl)CC(=O)NC1(C#N)CCCC1. The van der Waals surface area contributed by atoms with Gasteiger partial charge in [-0.3, -0.25) is 14.5 Å². The highest BCUT2D eigenvalue weighted by atomic mass is 35.5. The van der Waals surface area contributed by atoms with Crippen LogP contribution in [0.5, 0.6) is 0 Å². The van der Waals surface area contributed by atoms with Gasteiger partial charge in [-0.25, -0.2) is 0 Å². The number of carbonyl (C=O) groups is 2. The lowest BCUT2D eigenvalue weighted by Gasteiger charge is -2.24. The second-order valence-electron chi connectivity index (χ2n) is 6.15. The molecule has 24 heavy (non-hydrogen) atoms. The van der Waals surface area contributed by atoms with Gasteiger partial charge < -0.3 is 10.6 Å². The van der Waals surface area contributed by atoms with Gasteiger partial charge in [-0.1, -0.05) is 23.7 Å². The first-order valence-corrected chi connectivity index (χ1v) is 8.27. The van der Waals surface area contributed by atoms with Crippen molar-refractivity contribution in [3.8, 4) is 6.07 Å². The Bertz CT molecular complexity index is 650. The summed E-state index contributed by atoms with van der Waals surface area (Å²) >= 11 is 5.99. The molecule has 0 aromatic heterocycles. The van der Waals surface area contributed by atoms with Gasteiger partial charge in [-0.05, 0) is 44.9 Å². The fourth-order valence-corrected chi connectivity index (χ4v) is 3.03. The van der Waals surface area contributed by atoms with E-state index in [2.05, 4.69) is 16.7 Å². The lowest BCUT2D eigenvalue weighted by molar-refractivity contribution is -0.124. The van der Waals surface area contributed by atoms with Crippen molar-refractivity contribution in [3.05, 3.63) is 29.3 Å². The van der Waals surface area contributed by atoms with Crippen molar-refractivity contribution in [2.75, 3.05) is 25.5 Å². The number of halogens is 1. The summed E-state index contributed by atoms with van der Waals surface area (Å²) in [6.45, 7) is 0.109. The number of nitrogens with one attached hydrogen (secondary N) is 2. The van der Waals surface area contributed by atoms with Crippen LogP contribution in [0, 0.1) is 11.3 Å². The van der Waals surface area contributed by atoms with Crippen molar-refractivity contribution in [1.82, 2.24) is 10.2 Å². The fraction of sp³-hybridized carbons (Fsp3) is 0.471. The Kier molecular flexibility index (Phi) is 6.18. The number of nitriles is 1. The van der Waals surface area contributed by atoms with Gasteiger partial charge in [0.2, 0.25) is 11.8 Å². The van der Waals surface area contributed by atoms with E-state index in [1.807, 2.05) is 0 Å². The molecule has 2 amide bonds. The molecule has 1 aliphatic carbocycles. The highest BCUT2D eigenvalue weighted by Crippen LogP contribution is 2.28. The van der Waals surface area contributed by atoms with Gasteiger partial charge in [0.15, 0.2) is 0 Å². The number of anilines is 1. The third kappa shape index (κ3) is 4.95. The molecular weight excluding hydrogens is 328 g/mol. The minimum atomic E-state index is -0.738. The lowest BCUT2D eigenvalue weighted by Crippen LogP contribution is -2.49. The Morgan fingerprint density at radius 2 is 1.88 bits per heavy atom. The summed E-state index contributed by atoms with van der Waals surface area (Å²) in [7, 11) is 1.68. The quantitative estimate of drug-likeness (QED) is 0.825. The molecule has 7 heteroatoms. The normalized spacial score (nSPS) is 15.8. The van der Waals surface area contributed by atoms with E-state index in [1.54, 1.807) is 36.2 Å². The van der Waals surface area contributed by atoms with Crippen LogP contribution in [-0.2, 0) is 9.59 Å². The molecule has 0 bridgehead atoms. The number of carbonyl (C=O) groups excluding carboxylic acids is 2. The minimum absolute atomic E-state index is 0.0538. The lowest BCUT2D eigenvalue weighted by atomic mass is 10.00. The fourth-order valence-electron chi connectivity index (χ4n) is 2.85. The zero-order valence-corrected chi connectivity index (χ0v) is 14.4. The number of amides is 2. The predicted molar refractivity (Wildman–Crippen MR) is 92.5 cm³/mol. The standard InChI is InChI=1S/C17H21ClN4O2/c1-22(10-15(23)20-14-7-3-2-6-13(14)18)11-16(24)21-17(12-19)8-4-5-9-17/h2-3,6-7H,4-5,8-11H2,1H3,(H,20,23)(H,21,24). The largest absolute Gasteiger partial charge is 0.337 e. The van der Waals surface area contributed by atoms with Crippen LogP contribution in [0.25, 0.3) is 0 Å². The van der Waals surface area contributed by atoms with Crippen molar-refractivity contribution >= 4 is 29.1 Å². The molecule has 0 radical (unpaired) electrons. The van der Waals surface area contributed by atoms with Gasteiger partial charge in [-0.15, -0.1) is 0 Å². The molecule has 0 atom stereocenters. The second kappa shape index (κ2) is 8.13. The zero-order valence-electron chi connectivity index (χ0n) is 13.6. The number of benzene rings is 1. The number of nitrogens with zero attached hydrogens (tertiary/aromatic N) is 2. The molecule has 1 fully saturated rings. The maximum Gasteiger partial charge on any atom is 0.238 e. The highest BCUT2D eigenvalue weighted by molar-refractivity contribution is 6.33. The van der Waals surface area contributed by atoms with Gasteiger partial charge >= 0.3 is 0 Å². The Hall–Kier alpha value is -2.10. The van der Waals surface area contributed by atoms with E-state index in [4.69, 9.17) is 11.6 Å². The number of hydrogen-bond acceptors (Lipinski definition) is 4. The van der Waals surface area contributed by atoms with Gasteiger partial charge in [0, 0.05) is 0 Å². The van der Waals surface area contributed by atoms with Gasteiger partial charge in [-0.2, -0.15) is 5.26 Å². The molecule has 0 saturated heterocycles. The van der Waals surface area contributed by atoms with Gasteiger partial charge in [0.1, 0.15) is 5.54 Å². The van der Waals surface area contributed by atoms with Crippen molar-refractivity contribution in [2.45, 2.75) is 31.2 Å². The van der Waals surface area contributed by atoms with Crippen LogP contribution in [-0.4, -0.2) is 42.4 Å². The average Bonchev–Trinajstić information content (AvgIpc) is 2.98. The van der Waals surface area contributed by atoms with E-state index >= 15 is 0 Å². The second-order valence-corrected chi connectivity index (χ2v) is 6.56. The zero-order chi connectivity index (χ0) is 17.6. The summed E-state index contributed by atoms with van der Waals surface area (Å²) in [4.78, 5) is 25.7. The highest BCUT2D eigenvalue weighted by Gasteiger charge is 2.35. The van der Waals surface area contributed by atoms with Crippen LogP contribution >= 0.6 is 11.6 Å². The van der Waals surface area contributed by atoms with Crippen LogP contribution in [0.4, 0.5) is 5.69 Å². The molecule has 0 unspecified atom stereocenters. The maximum atomic E-state index is 12.1. The van der Waals surface area contributed by atoms with Crippen LogP contribution in [0.1, 0.15) is 25.7 Å². The third-order valence-corrected chi connectivity index (χ3v) is 4.35. The number of para-hydroxylation sites is 1. The predicted octanol–water partition coefficient (Wildman–Crippen LogP) is 2.16. The van der Waals surface area contributed by atoms with E-state index in [0.717, 1.165) is 12.8 Å². The molecular formula is C17H21ClN4O2. The topological polar surface area (TPSA) is 85.2 Å². The summed E-state index contributed by atoms with van der Waals surface area (Å²) < 4.78 is 0. The molecule has 1 saturated carbocycles. The van der Waals surface area contributed by atoms with Crippen molar-refractivity contribution in [3.63, 3.8) is 0 Å². The number of hydrogen-bond donors (Lipinski definition) is 2. The van der Waals surface area contributed by atoms with E-state index in [-0.39, 0.29) is 24.9 Å². The monoisotopic (exact) mass is 348 g/mol. The van der Waals surface area contributed by atoms with Gasteiger partial charge in [0.05, 0.1) is 29.9 Å². The molecule has 0 aliphatic heterocycles. The Morgan fingerprint density at radius 1 is 1.25 bits per heavy atom. The smallest absolute Gasteiger partial charge is 0.238 e. The average molecular weight is 349 g/mol. The van der Waals surface area contributed by atoms with E-state index < -0.39 is 5.54 Å². The first-order valence-electron chi connectivity index (χ1n) is 7.89. The summed E-state index contributed by atoms with van der Waals surface area (Å²) in [5.74, 6) is -0.499. The minimum Gasteiger partial charge on any atom is -0.337 e. The summed E-state index contributed by atoms with van der Waals surface area (Å²) in [5, 5.41) is 15.3. The first kappa shape index (κ1) is 18.2. The Labute approximate surface area is 146 Å². The molecule has 0 heterocycles. The number of likely N-dealkylation sites (N-methyl/N-ethyl adjacent to an activating group) is 1. The van der Waals surface area contributed by atoms with Gasteiger partial charge in [0.25, 0.3) is 0 Å². The van der Waals surface area contributed by atoms with Crippen molar-refractivity contribution in [1.29, 1.82) is 5.26 Å². The Balaban J connectivity index is 1.81. The molecule has 1 aromatic carbocycles. The van der Waals surface area contributed by atoms with Crippen LogP contribution < -0.4 is 10.6 Å². The molecule has 6 nitrogen and oxygen atoms in total. The maximum absolute atomic E-state index is 12.1. The van der Waals surface area contributed by atoms with Crippen molar-refractivity contribution in [2.24, 2.45) is 0 Å². The van der Waals surface area contributed by atoms with Crippen LogP contribution in [0.2, 0.25) is 5.02 Å². The van der Waals surface area contributed by atoms with Crippen LogP contribution in [0.3, 0.4) is 0 Å². The first-order chi connectivity index (χ1) is 11.4. The number of rotatable bonds is 6. The van der Waals surface area contributed by atoms with E-state index in [9.17, 15) is 14.9 Å². The van der Waals surface area contributed by atoms with E-state index in [0.29, 0.717) is 23.6 Å². The summed E-state index contributed by atoms with van der Waals surface area (Å²) in [5.41, 5.74) is -0.200.